The van der Waals surface area contributed by atoms with Gasteiger partial charge in [0.25, 0.3) is 0 Å². The number of hydrogen-bond acceptors (Lipinski definition) is 3. The summed E-state index contributed by atoms with van der Waals surface area (Å²) < 4.78 is 0. The summed E-state index contributed by atoms with van der Waals surface area (Å²) in [7, 11) is 0. The van der Waals surface area contributed by atoms with Gasteiger partial charge in [-0.15, -0.1) is 0 Å². The normalized spacial score (nSPS) is 9.05. The van der Waals surface area contributed by atoms with Crippen LogP contribution in [0.1, 0.15) is 34.2 Å². The third-order valence-electron chi connectivity index (χ3n) is 2.44. The van der Waals surface area contributed by atoms with Crippen LogP contribution >= 0.6 is 0 Å². The second-order valence-corrected chi connectivity index (χ2v) is 3.91. The Balaban J connectivity index is 2.31. The van der Waals surface area contributed by atoms with Gasteiger partial charge in [-0.25, -0.2) is 4.98 Å². The highest BCUT2D eigenvalue weighted by molar-refractivity contribution is 5.92. The standard InChI is InChI=1S/C16H10N2O/c1-12(19)16-7-3-6-15(18-16)9-8-13-4-2-5-14(10-13)11-17/h2-7,10H,1H3. The third-order valence-corrected chi connectivity index (χ3v) is 2.44. The van der Waals surface area contributed by atoms with Crippen molar-refractivity contribution in [2.75, 3.05) is 0 Å². The van der Waals surface area contributed by atoms with Gasteiger partial charge in [-0.1, -0.05) is 18.1 Å². The zero-order chi connectivity index (χ0) is 13.7. The molecule has 0 spiro atoms. The first-order valence-electron chi connectivity index (χ1n) is 5.69. The summed E-state index contributed by atoms with van der Waals surface area (Å²) in [4.78, 5) is 15.4. The van der Waals surface area contributed by atoms with E-state index in [1.165, 1.54) is 6.92 Å². The summed E-state index contributed by atoms with van der Waals surface area (Å²) in [5.74, 6) is 5.72. The molecule has 0 radical (unpaired) electrons. The van der Waals surface area contributed by atoms with Crippen LogP contribution in [0.4, 0.5) is 0 Å². The van der Waals surface area contributed by atoms with Crippen molar-refractivity contribution < 1.29 is 4.79 Å². The van der Waals surface area contributed by atoms with Gasteiger partial charge in [-0.05, 0) is 36.3 Å². The van der Waals surface area contributed by atoms with Gasteiger partial charge in [0, 0.05) is 12.5 Å². The number of carbonyl (C=O) groups excluding carboxylic acids is 1. The molecular formula is C16H10N2O. The van der Waals surface area contributed by atoms with E-state index in [0.717, 1.165) is 5.56 Å². The maximum absolute atomic E-state index is 11.2. The molecule has 90 valence electrons. The SMILES string of the molecule is CC(=O)c1cccc(C#Cc2cccc(C#N)c2)n1. The zero-order valence-electron chi connectivity index (χ0n) is 10.3. The highest BCUT2D eigenvalue weighted by atomic mass is 16.1. The molecule has 0 amide bonds. The number of rotatable bonds is 1. The lowest BCUT2D eigenvalue weighted by Crippen LogP contribution is -1.97. The van der Waals surface area contributed by atoms with Crippen LogP contribution in [0.2, 0.25) is 0 Å². The van der Waals surface area contributed by atoms with E-state index in [1.807, 2.05) is 6.07 Å². The molecule has 2 rings (SSSR count). The maximum atomic E-state index is 11.2. The van der Waals surface area contributed by atoms with Gasteiger partial charge >= 0.3 is 0 Å². The van der Waals surface area contributed by atoms with Crippen molar-refractivity contribution in [3.05, 3.63) is 65.0 Å². The summed E-state index contributed by atoms with van der Waals surface area (Å²) in [5, 5.41) is 8.80. The van der Waals surface area contributed by atoms with E-state index in [0.29, 0.717) is 17.0 Å². The molecule has 19 heavy (non-hydrogen) atoms. The molecule has 0 fully saturated rings. The molecule has 0 atom stereocenters. The van der Waals surface area contributed by atoms with Crippen LogP contribution < -0.4 is 0 Å². The van der Waals surface area contributed by atoms with E-state index in [1.54, 1.807) is 36.4 Å². The van der Waals surface area contributed by atoms with Crippen molar-refractivity contribution in [2.45, 2.75) is 6.92 Å². The van der Waals surface area contributed by atoms with Gasteiger partial charge in [-0.2, -0.15) is 5.26 Å². The smallest absolute Gasteiger partial charge is 0.178 e. The molecule has 0 aliphatic carbocycles. The predicted octanol–water partition coefficient (Wildman–Crippen LogP) is 2.56. The highest BCUT2D eigenvalue weighted by Crippen LogP contribution is 2.03. The number of hydrogen-bond donors (Lipinski definition) is 0. The second-order valence-electron chi connectivity index (χ2n) is 3.91. The minimum Gasteiger partial charge on any atom is -0.293 e. The fraction of sp³-hybridized carbons (Fsp3) is 0.0625. The number of aromatic nitrogens is 1. The van der Waals surface area contributed by atoms with Gasteiger partial charge < -0.3 is 0 Å². The molecule has 0 unspecified atom stereocenters. The molecule has 0 bridgehead atoms. The Morgan fingerprint density at radius 3 is 2.58 bits per heavy atom. The monoisotopic (exact) mass is 246 g/mol. The van der Waals surface area contributed by atoms with Gasteiger partial charge in [0.15, 0.2) is 5.78 Å². The quantitative estimate of drug-likeness (QED) is 0.574. The van der Waals surface area contributed by atoms with Crippen LogP contribution in [-0.2, 0) is 0 Å². The maximum Gasteiger partial charge on any atom is 0.178 e. The first kappa shape index (κ1) is 12.5. The van der Waals surface area contributed by atoms with Crippen molar-refractivity contribution in [3.63, 3.8) is 0 Å². The van der Waals surface area contributed by atoms with Crippen molar-refractivity contribution in [1.82, 2.24) is 4.98 Å². The van der Waals surface area contributed by atoms with Crippen LogP contribution in [-0.4, -0.2) is 10.8 Å². The van der Waals surface area contributed by atoms with E-state index >= 15 is 0 Å². The molecule has 2 aromatic rings. The van der Waals surface area contributed by atoms with E-state index in [2.05, 4.69) is 22.9 Å². The fourth-order valence-corrected chi connectivity index (χ4v) is 1.50. The lowest BCUT2D eigenvalue weighted by molar-refractivity contribution is 0.101. The minimum absolute atomic E-state index is 0.0878. The summed E-state index contributed by atoms with van der Waals surface area (Å²) in [5.41, 5.74) is 2.25. The molecule has 3 heteroatoms. The number of ketones is 1. The lowest BCUT2D eigenvalue weighted by Gasteiger charge is -1.95. The Hall–Kier alpha value is -2.91. The molecule has 1 aromatic heterocycles. The number of benzene rings is 1. The van der Waals surface area contributed by atoms with E-state index in [4.69, 9.17) is 5.26 Å². The molecular weight excluding hydrogens is 236 g/mol. The zero-order valence-corrected chi connectivity index (χ0v) is 10.3. The van der Waals surface area contributed by atoms with E-state index in [9.17, 15) is 4.79 Å². The first-order valence-corrected chi connectivity index (χ1v) is 5.69. The molecule has 0 N–H and O–H groups in total. The highest BCUT2D eigenvalue weighted by Gasteiger charge is 2.00. The number of pyridine rings is 1. The van der Waals surface area contributed by atoms with Crippen LogP contribution in [0.15, 0.2) is 42.5 Å². The predicted molar refractivity (Wildman–Crippen MR) is 71.4 cm³/mol. The summed E-state index contributed by atoms with van der Waals surface area (Å²) in [6.07, 6.45) is 0. The Morgan fingerprint density at radius 2 is 1.84 bits per heavy atom. The topological polar surface area (TPSA) is 53.8 Å². The number of nitriles is 1. The summed E-state index contributed by atoms with van der Waals surface area (Å²) >= 11 is 0. The fourth-order valence-electron chi connectivity index (χ4n) is 1.50. The molecule has 0 aliphatic heterocycles. The van der Waals surface area contributed by atoms with Crippen LogP contribution in [0.5, 0.6) is 0 Å². The molecule has 0 saturated carbocycles. The van der Waals surface area contributed by atoms with Crippen molar-refractivity contribution in [3.8, 4) is 17.9 Å². The van der Waals surface area contributed by atoms with Crippen LogP contribution in [0.3, 0.4) is 0 Å². The van der Waals surface area contributed by atoms with Crippen molar-refractivity contribution in [1.29, 1.82) is 5.26 Å². The average Bonchev–Trinajstić information content (AvgIpc) is 2.45. The largest absolute Gasteiger partial charge is 0.293 e. The Labute approximate surface area is 111 Å². The Morgan fingerprint density at radius 1 is 1.11 bits per heavy atom. The lowest BCUT2D eigenvalue weighted by atomic mass is 10.1. The van der Waals surface area contributed by atoms with Crippen LogP contribution in [0, 0.1) is 23.2 Å². The summed E-state index contributed by atoms with van der Waals surface area (Å²) in [6, 6.07) is 14.2. The number of Topliss-reactive ketones (excluding diaryl/α,β-unsaturated/α-hetero) is 1. The minimum atomic E-state index is -0.0878. The summed E-state index contributed by atoms with van der Waals surface area (Å²) in [6.45, 7) is 1.47. The van der Waals surface area contributed by atoms with Gasteiger partial charge in [0.1, 0.15) is 11.4 Å². The van der Waals surface area contributed by atoms with E-state index in [-0.39, 0.29) is 5.78 Å². The van der Waals surface area contributed by atoms with Gasteiger partial charge in [0.2, 0.25) is 0 Å². The van der Waals surface area contributed by atoms with Crippen LogP contribution in [0.25, 0.3) is 0 Å². The molecule has 1 aromatic carbocycles. The second kappa shape index (κ2) is 5.62. The van der Waals surface area contributed by atoms with Gasteiger partial charge in [-0.3, -0.25) is 4.79 Å². The van der Waals surface area contributed by atoms with E-state index < -0.39 is 0 Å². The molecule has 0 saturated heterocycles. The molecule has 0 aliphatic rings. The first-order chi connectivity index (χ1) is 9.19. The average molecular weight is 246 g/mol. The molecule has 3 nitrogen and oxygen atoms in total. The number of carbonyl (C=O) groups is 1. The Kier molecular flexibility index (Phi) is 3.71. The molecule has 1 heterocycles. The van der Waals surface area contributed by atoms with Crippen molar-refractivity contribution >= 4 is 5.78 Å². The third kappa shape index (κ3) is 3.28. The number of nitrogens with zero attached hydrogens (tertiary/aromatic N) is 2. The van der Waals surface area contributed by atoms with Crippen molar-refractivity contribution in [2.24, 2.45) is 0 Å². The Bertz CT molecular complexity index is 730. The van der Waals surface area contributed by atoms with Gasteiger partial charge in [0.05, 0.1) is 11.6 Å².